The SMILES string of the molecule is O=C(Cn1ccc(=O)c2ccccc21)NC1CCC(C(=O)O)CC1. The predicted octanol–water partition coefficient (Wildman–Crippen LogP) is 1.76. The lowest BCUT2D eigenvalue weighted by molar-refractivity contribution is -0.142. The second-order valence-electron chi connectivity index (χ2n) is 6.28. The Morgan fingerprint density at radius 3 is 2.54 bits per heavy atom. The third-order valence-electron chi connectivity index (χ3n) is 4.64. The molecule has 1 aliphatic carbocycles. The molecule has 0 spiro atoms. The molecule has 1 amide bonds. The number of hydrogen-bond acceptors (Lipinski definition) is 3. The molecule has 1 aromatic carbocycles. The monoisotopic (exact) mass is 328 g/mol. The Morgan fingerprint density at radius 2 is 1.83 bits per heavy atom. The minimum atomic E-state index is -0.750. The van der Waals surface area contributed by atoms with Crippen LogP contribution in [0.5, 0.6) is 0 Å². The summed E-state index contributed by atoms with van der Waals surface area (Å²) in [7, 11) is 0. The van der Waals surface area contributed by atoms with Gasteiger partial charge in [0.2, 0.25) is 5.91 Å². The zero-order valence-electron chi connectivity index (χ0n) is 13.3. The lowest BCUT2D eigenvalue weighted by Crippen LogP contribution is -2.40. The first-order valence-corrected chi connectivity index (χ1v) is 8.15. The zero-order chi connectivity index (χ0) is 17.1. The number of aliphatic carboxylic acids is 1. The molecule has 2 aromatic rings. The highest BCUT2D eigenvalue weighted by Crippen LogP contribution is 2.24. The number of aromatic nitrogens is 1. The molecule has 6 nitrogen and oxygen atoms in total. The first-order chi connectivity index (χ1) is 11.5. The quantitative estimate of drug-likeness (QED) is 0.895. The van der Waals surface area contributed by atoms with Crippen molar-refractivity contribution in [3.05, 3.63) is 46.8 Å². The number of nitrogens with one attached hydrogen (secondary N) is 1. The van der Waals surface area contributed by atoms with Crippen molar-refractivity contribution in [2.24, 2.45) is 5.92 Å². The van der Waals surface area contributed by atoms with Gasteiger partial charge in [-0.3, -0.25) is 14.4 Å². The van der Waals surface area contributed by atoms with Crippen molar-refractivity contribution in [3.8, 4) is 0 Å². The number of carbonyl (C=O) groups is 2. The Kier molecular flexibility index (Phi) is 4.64. The molecular formula is C18H20N2O4. The summed E-state index contributed by atoms with van der Waals surface area (Å²) in [6.07, 6.45) is 4.20. The van der Waals surface area contributed by atoms with Crippen LogP contribution in [0.15, 0.2) is 41.3 Å². The zero-order valence-corrected chi connectivity index (χ0v) is 13.3. The number of carboxylic acid groups (broad SMARTS) is 1. The summed E-state index contributed by atoms with van der Waals surface area (Å²) < 4.78 is 1.76. The Balaban J connectivity index is 1.65. The van der Waals surface area contributed by atoms with Crippen LogP contribution in [0.4, 0.5) is 0 Å². The number of amides is 1. The van der Waals surface area contributed by atoms with Crippen molar-refractivity contribution in [3.63, 3.8) is 0 Å². The summed E-state index contributed by atoms with van der Waals surface area (Å²) in [6.45, 7) is 0.139. The second kappa shape index (κ2) is 6.86. The van der Waals surface area contributed by atoms with Crippen molar-refractivity contribution < 1.29 is 14.7 Å². The first kappa shape index (κ1) is 16.2. The number of carbonyl (C=O) groups excluding carboxylic acids is 1. The molecule has 1 aliphatic rings. The highest BCUT2D eigenvalue weighted by atomic mass is 16.4. The predicted molar refractivity (Wildman–Crippen MR) is 89.7 cm³/mol. The number of hydrogen-bond donors (Lipinski definition) is 2. The van der Waals surface area contributed by atoms with E-state index in [4.69, 9.17) is 5.11 Å². The molecule has 2 N–H and O–H groups in total. The van der Waals surface area contributed by atoms with E-state index in [2.05, 4.69) is 5.32 Å². The fraction of sp³-hybridized carbons (Fsp3) is 0.389. The normalized spacial score (nSPS) is 20.7. The molecule has 0 radical (unpaired) electrons. The minimum absolute atomic E-state index is 0.0266. The summed E-state index contributed by atoms with van der Waals surface area (Å²) in [4.78, 5) is 35.1. The van der Waals surface area contributed by atoms with Crippen LogP contribution in [0.25, 0.3) is 10.9 Å². The highest BCUT2D eigenvalue weighted by Gasteiger charge is 2.26. The van der Waals surface area contributed by atoms with E-state index in [9.17, 15) is 14.4 Å². The molecule has 1 aromatic heterocycles. The smallest absolute Gasteiger partial charge is 0.306 e. The molecule has 0 aliphatic heterocycles. The topological polar surface area (TPSA) is 88.4 Å². The maximum absolute atomic E-state index is 12.3. The average Bonchev–Trinajstić information content (AvgIpc) is 2.58. The van der Waals surface area contributed by atoms with E-state index in [1.54, 1.807) is 22.9 Å². The fourth-order valence-electron chi connectivity index (χ4n) is 3.31. The highest BCUT2D eigenvalue weighted by molar-refractivity contribution is 5.82. The lowest BCUT2D eigenvalue weighted by Gasteiger charge is -2.27. The van der Waals surface area contributed by atoms with Crippen LogP contribution in [0, 0.1) is 5.92 Å². The van der Waals surface area contributed by atoms with E-state index >= 15 is 0 Å². The Bertz CT molecular complexity index is 819. The molecule has 1 heterocycles. The van der Waals surface area contributed by atoms with Gasteiger partial charge in [0, 0.05) is 23.7 Å². The van der Waals surface area contributed by atoms with Crippen LogP contribution in [0.2, 0.25) is 0 Å². The summed E-state index contributed by atoms with van der Waals surface area (Å²) in [6, 6.07) is 8.70. The summed E-state index contributed by atoms with van der Waals surface area (Å²) >= 11 is 0. The third kappa shape index (κ3) is 3.48. The largest absolute Gasteiger partial charge is 0.481 e. The molecule has 0 saturated heterocycles. The molecule has 1 fully saturated rings. The molecule has 0 atom stereocenters. The van der Waals surface area contributed by atoms with Gasteiger partial charge in [0.25, 0.3) is 0 Å². The molecule has 24 heavy (non-hydrogen) atoms. The van der Waals surface area contributed by atoms with Crippen LogP contribution in [0.3, 0.4) is 0 Å². The number of pyridine rings is 1. The fourth-order valence-corrected chi connectivity index (χ4v) is 3.31. The summed E-state index contributed by atoms with van der Waals surface area (Å²) in [5, 5.41) is 12.6. The van der Waals surface area contributed by atoms with Crippen LogP contribution in [-0.4, -0.2) is 27.6 Å². The van der Waals surface area contributed by atoms with E-state index in [0.717, 1.165) is 5.52 Å². The van der Waals surface area contributed by atoms with Gasteiger partial charge in [0.1, 0.15) is 6.54 Å². The summed E-state index contributed by atoms with van der Waals surface area (Å²) in [5.41, 5.74) is 0.670. The number of nitrogens with zero attached hydrogens (tertiary/aromatic N) is 1. The summed E-state index contributed by atoms with van der Waals surface area (Å²) in [5.74, 6) is -1.16. The van der Waals surface area contributed by atoms with Crippen molar-refractivity contribution in [2.75, 3.05) is 0 Å². The van der Waals surface area contributed by atoms with Gasteiger partial charge in [-0.2, -0.15) is 0 Å². The maximum atomic E-state index is 12.3. The number of para-hydroxylation sites is 1. The van der Waals surface area contributed by atoms with E-state index in [-0.39, 0.29) is 29.8 Å². The van der Waals surface area contributed by atoms with Crippen molar-refractivity contribution in [1.29, 1.82) is 0 Å². The van der Waals surface area contributed by atoms with Crippen LogP contribution in [0.1, 0.15) is 25.7 Å². The molecule has 126 valence electrons. The van der Waals surface area contributed by atoms with Gasteiger partial charge < -0.3 is 15.0 Å². The Morgan fingerprint density at radius 1 is 1.12 bits per heavy atom. The van der Waals surface area contributed by atoms with Gasteiger partial charge in [-0.05, 0) is 37.8 Å². The van der Waals surface area contributed by atoms with E-state index in [0.29, 0.717) is 31.1 Å². The van der Waals surface area contributed by atoms with E-state index in [1.807, 2.05) is 12.1 Å². The number of fused-ring (bicyclic) bond motifs is 1. The van der Waals surface area contributed by atoms with Gasteiger partial charge in [-0.25, -0.2) is 0 Å². The van der Waals surface area contributed by atoms with Crippen molar-refractivity contribution in [1.82, 2.24) is 9.88 Å². The van der Waals surface area contributed by atoms with Gasteiger partial charge >= 0.3 is 5.97 Å². The molecule has 3 rings (SSSR count). The first-order valence-electron chi connectivity index (χ1n) is 8.15. The van der Waals surface area contributed by atoms with Crippen molar-refractivity contribution >= 4 is 22.8 Å². The molecule has 6 heteroatoms. The standard InChI is InChI=1S/C18H20N2O4/c21-16-9-10-20(15-4-2-1-3-14(15)16)11-17(22)19-13-7-5-12(6-8-13)18(23)24/h1-4,9-10,12-13H,5-8,11H2,(H,19,22)(H,23,24). The van der Waals surface area contributed by atoms with Gasteiger partial charge in [0.05, 0.1) is 11.4 Å². The third-order valence-corrected chi connectivity index (χ3v) is 4.64. The Labute approximate surface area is 139 Å². The maximum Gasteiger partial charge on any atom is 0.306 e. The molecular weight excluding hydrogens is 308 g/mol. The number of rotatable bonds is 4. The van der Waals surface area contributed by atoms with Crippen molar-refractivity contribution in [2.45, 2.75) is 38.3 Å². The average molecular weight is 328 g/mol. The second-order valence-corrected chi connectivity index (χ2v) is 6.28. The molecule has 1 saturated carbocycles. The number of carboxylic acids is 1. The van der Waals surface area contributed by atoms with Gasteiger partial charge in [-0.1, -0.05) is 12.1 Å². The minimum Gasteiger partial charge on any atom is -0.481 e. The van der Waals surface area contributed by atoms with Gasteiger partial charge in [-0.15, -0.1) is 0 Å². The Hall–Kier alpha value is -2.63. The van der Waals surface area contributed by atoms with Crippen LogP contribution < -0.4 is 10.7 Å². The van der Waals surface area contributed by atoms with E-state index < -0.39 is 5.97 Å². The lowest BCUT2D eigenvalue weighted by atomic mass is 9.86. The molecule has 0 bridgehead atoms. The van der Waals surface area contributed by atoms with Gasteiger partial charge in [0.15, 0.2) is 5.43 Å². The number of benzene rings is 1. The van der Waals surface area contributed by atoms with E-state index in [1.165, 1.54) is 6.07 Å². The molecule has 0 unspecified atom stereocenters. The van der Waals surface area contributed by atoms with Crippen LogP contribution in [-0.2, 0) is 16.1 Å². The van der Waals surface area contributed by atoms with Crippen LogP contribution >= 0.6 is 0 Å².